The third kappa shape index (κ3) is 4.07. The lowest BCUT2D eigenvalue weighted by Gasteiger charge is -2.22. The van der Waals surface area contributed by atoms with Gasteiger partial charge in [0.2, 0.25) is 0 Å². The molecule has 20 heavy (non-hydrogen) atoms. The number of para-hydroxylation sites is 1. The maximum Gasteiger partial charge on any atom is 0.133 e. The van der Waals surface area contributed by atoms with E-state index in [4.69, 9.17) is 4.98 Å². The van der Waals surface area contributed by atoms with Gasteiger partial charge in [-0.15, -0.1) is 0 Å². The monoisotopic (exact) mass is 269 g/mol. The van der Waals surface area contributed by atoms with Gasteiger partial charge in [0, 0.05) is 24.8 Å². The molecule has 0 unspecified atom stereocenters. The third-order valence-corrected chi connectivity index (χ3v) is 3.08. The first-order valence-corrected chi connectivity index (χ1v) is 6.95. The average molecular weight is 269 g/mol. The minimum Gasteiger partial charge on any atom is -0.329 e. The molecule has 3 nitrogen and oxygen atoms in total. The van der Waals surface area contributed by atoms with Gasteiger partial charge in [-0.05, 0) is 45.0 Å². The molecule has 0 saturated heterocycles. The van der Waals surface area contributed by atoms with Crippen molar-refractivity contribution in [2.75, 3.05) is 11.9 Å². The number of hydrogen-bond donors (Lipinski definition) is 1. The minimum absolute atomic E-state index is 0.100. The molecule has 0 bridgehead atoms. The van der Waals surface area contributed by atoms with Crippen molar-refractivity contribution in [1.29, 1.82) is 0 Å². The molecule has 1 aromatic heterocycles. The standard InChI is InChI=1S/C17H23N3/c1-17(2,3)18-13-14-9-8-12-16(19-14)20(4)15-10-6-5-7-11-15/h5-12,18H,13H2,1-4H3. The molecule has 1 N–H and O–H groups in total. The fourth-order valence-electron chi connectivity index (χ4n) is 1.89. The van der Waals surface area contributed by atoms with Crippen molar-refractivity contribution < 1.29 is 0 Å². The molecule has 0 aliphatic heterocycles. The van der Waals surface area contributed by atoms with Gasteiger partial charge in [-0.25, -0.2) is 4.98 Å². The Bertz CT molecular complexity index is 544. The second-order valence-corrected chi connectivity index (χ2v) is 5.99. The molecule has 0 amide bonds. The highest BCUT2D eigenvalue weighted by molar-refractivity contribution is 5.58. The van der Waals surface area contributed by atoms with E-state index in [2.05, 4.69) is 55.3 Å². The van der Waals surface area contributed by atoms with Crippen LogP contribution in [0.25, 0.3) is 0 Å². The van der Waals surface area contributed by atoms with Crippen LogP contribution in [0, 0.1) is 0 Å². The van der Waals surface area contributed by atoms with E-state index >= 15 is 0 Å². The molecular formula is C17H23N3. The molecule has 1 heterocycles. The van der Waals surface area contributed by atoms with Crippen LogP contribution in [0.3, 0.4) is 0 Å². The second-order valence-electron chi connectivity index (χ2n) is 5.99. The van der Waals surface area contributed by atoms with Crippen LogP contribution in [-0.4, -0.2) is 17.6 Å². The number of benzene rings is 1. The average Bonchev–Trinajstić information content (AvgIpc) is 2.45. The summed E-state index contributed by atoms with van der Waals surface area (Å²) in [7, 11) is 2.04. The first-order chi connectivity index (χ1) is 9.46. The Kier molecular flexibility index (Phi) is 4.40. The Morgan fingerprint density at radius 3 is 2.35 bits per heavy atom. The van der Waals surface area contributed by atoms with E-state index in [9.17, 15) is 0 Å². The van der Waals surface area contributed by atoms with E-state index < -0.39 is 0 Å². The van der Waals surface area contributed by atoms with Gasteiger partial charge >= 0.3 is 0 Å². The normalized spacial score (nSPS) is 11.4. The number of anilines is 2. The maximum absolute atomic E-state index is 4.72. The smallest absolute Gasteiger partial charge is 0.133 e. The molecule has 3 heteroatoms. The Morgan fingerprint density at radius 1 is 1.00 bits per heavy atom. The number of pyridine rings is 1. The summed E-state index contributed by atoms with van der Waals surface area (Å²) in [5, 5.41) is 3.46. The zero-order valence-electron chi connectivity index (χ0n) is 12.7. The fourth-order valence-corrected chi connectivity index (χ4v) is 1.89. The highest BCUT2D eigenvalue weighted by Gasteiger charge is 2.10. The van der Waals surface area contributed by atoms with E-state index in [-0.39, 0.29) is 5.54 Å². The molecule has 2 aromatic rings. The summed E-state index contributed by atoms with van der Waals surface area (Å²) < 4.78 is 0. The van der Waals surface area contributed by atoms with Gasteiger partial charge < -0.3 is 10.2 Å². The van der Waals surface area contributed by atoms with Gasteiger partial charge in [0.25, 0.3) is 0 Å². The Hall–Kier alpha value is -1.87. The first kappa shape index (κ1) is 14.5. The van der Waals surface area contributed by atoms with Crippen molar-refractivity contribution in [3.05, 3.63) is 54.2 Å². The highest BCUT2D eigenvalue weighted by Crippen LogP contribution is 2.21. The van der Waals surface area contributed by atoms with Gasteiger partial charge in [0.1, 0.15) is 5.82 Å². The van der Waals surface area contributed by atoms with Crippen molar-refractivity contribution in [3.63, 3.8) is 0 Å². The van der Waals surface area contributed by atoms with Crippen LogP contribution < -0.4 is 10.2 Å². The lowest BCUT2D eigenvalue weighted by Crippen LogP contribution is -2.35. The van der Waals surface area contributed by atoms with Crippen LogP contribution in [0.4, 0.5) is 11.5 Å². The Balaban J connectivity index is 2.13. The summed E-state index contributed by atoms with van der Waals surface area (Å²) >= 11 is 0. The summed E-state index contributed by atoms with van der Waals surface area (Å²) in [6, 6.07) is 16.4. The SMILES string of the molecule is CN(c1ccccc1)c1cccc(CNC(C)(C)C)n1. The zero-order valence-corrected chi connectivity index (χ0v) is 12.7. The Morgan fingerprint density at radius 2 is 1.70 bits per heavy atom. The van der Waals surface area contributed by atoms with Gasteiger partial charge in [-0.3, -0.25) is 0 Å². The zero-order chi connectivity index (χ0) is 14.6. The van der Waals surface area contributed by atoms with Crippen molar-refractivity contribution in [3.8, 4) is 0 Å². The predicted molar refractivity (Wildman–Crippen MR) is 85.3 cm³/mol. The summed E-state index contributed by atoms with van der Waals surface area (Å²) in [5.74, 6) is 0.962. The number of nitrogens with zero attached hydrogens (tertiary/aromatic N) is 2. The summed E-state index contributed by atoms with van der Waals surface area (Å²) in [6.07, 6.45) is 0. The third-order valence-electron chi connectivity index (χ3n) is 3.08. The first-order valence-electron chi connectivity index (χ1n) is 6.95. The maximum atomic E-state index is 4.72. The molecule has 0 atom stereocenters. The van der Waals surface area contributed by atoms with Crippen LogP contribution in [-0.2, 0) is 6.54 Å². The van der Waals surface area contributed by atoms with E-state index in [0.29, 0.717) is 0 Å². The van der Waals surface area contributed by atoms with Gasteiger partial charge in [-0.2, -0.15) is 0 Å². The van der Waals surface area contributed by atoms with Crippen LogP contribution in [0.5, 0.6) is 0 Å². The van der Waals surface area contributed by atoms with E-state index in [1.54, 1.807) is 0 Å². The molecule has 0 radical (unpaired) electrons. The summed E-state index contributed by atoms with van der Waals surface area (Å²) in [5.41, 5.74) is 2.30. The molecule has 0 aliphatic rings. The van der Waals surface area contributed by atoms with Crippen molar-refractivity contribution in [1.82, 2.24) is 10.3 Å². The van der Waals surface area contributed by atoms with E-state index in [0.717, 1.165) is 23.7 Å². The number of rotatable bonds is 4. The van der Waals surface area contributed by atoms with Crippen molar-refractivity contribution >= 4 is 11.5 Å². The largest absolute Gasteiger partial charge is 0.329 e. The number of hydrogen-bond acceptors (Lipinski definition) is 3. The molecule has 106 valence electrons. The van der Waals surface area contributed by atoms with Crippen LogP contribution in [0.2, 0.25) is 0 Å². The van der Waals surface area contributed by atoms with Crippen LogP contribution in [0.1, 0.15) is 26.5 Å². The Labute approximate surface area is 121 Å². The van der Waals surface area contributed by atoms with Crippen LogP contribution >= 0.6 is 0 Å². The van der Waals surface area contributed by atoms with Gasteiger partial charge in [0.15, 0.2) is 0 Å². The molecule has 1 aromatic carbocycles. The lowest BCUT2D eigenvalue weighted by molar-refractivity contribution is 0.421. The molecular weight excluding hydrogens is 246 g/mol. The van der Waals surface area contributed by atoms with E-state index in [1.807, 2.05) is 31.3 Å². The van der Waals surface area contributed by atoms with Gasteiger partial charge in [0.05, 0.1) is 5.69 Å². The van der Waals surface area contributed by atoms with Gasteiger partial charge in [-0.1, -0.05) is 24.3 Å². The summed E-state index contributed by atoms with van der Waals surface area (Å²) in [4.78, 5) is 6.81. The number of aromatic nitrogens is 1. The minimum atomic E-state index is 0.100. The molecule has 0 saturated carbocycles. The molecule has 0 aliphatic carbocycles. The quantitative estimate of drug-likeness (QED) is 0.916. The summed E-state index contributed by atoms with van der Waals surface area (Å²) in [6.45, 7) is 7.26. The number of nitrogens with one attached hydrogen (secondary N) is 1. The predicted octanol–water partition coefficient (Wildman–Crippen LogP) is 3.74. The highest BCUT2D eigenvalue weighted by atomic mass is 15.2. The van der Waals surface area contributed by atoms with E-state index in [1.165, 1.54) is 0 Å². The fraction of sp³-hybridized carbons (Fsp3) is 0.353. The second kappa shape index (κ2) is 6.06. The van der Waals surface area contributed by atoms with Crippen molar-refractivity contribution in [2.24, 2.45) is 0 Å². The molecule has 0 fully saturated rings. The topological polar surface area (TPSA) is 28.2 Å². The lowest BCUT2D eigenvalue weighted by atomic mass is 10.1. The van der Waals surface area contributed by atoms with Crippen molar-refractivity contribution in [2.45, 2.75) is 32.9 Å². The molecule has 0 spiro atoms. The molecule has 2 rings (SSSR count). The van der Waals surface area contributed by atoms with Crippen LogP contribution in [0.15, 0.2) is 48.5 Å².